The molecule has 1 saturated carbocycles. The Balaban J connectivity index is 1.43. The molecule has 0 unspecified atom stereocenters. The first-order valence-corrected chi connectivity index (χ1v) is 9.41. The zero-order valence-electron chi connectivity index (χ0n) is 15.4. The smallest absolute Gasteiger partial charge is 0.222 e. The number of nitrogens with zero attached hydrogens (tertiary/aromatic N) is 1. The van der Waals surface area contributed by atoms with Crippen LogP contribution < -0.4 is 14.8 Å². The van der Waals surface area contributed by atoms with Crippen LogP contribution in [0.15, 0.2) is 18.2 Å². The summed E-state index contributed by atoms with van der Waals surface area (Å²) in [6, 6.07) is 6.39. The molecule has 2 aliphatic rings. The van der Waals surface area contributed by atoms with E-state index in [0.29, 0.717) is 18.9 Å². The second-order valence-electron chi connectivity index (χ2n) is 7.23. The van der Waals surface area contributed by atoms with Crippen molar-refractivity contribution in [1.82, 2.24) is 10.2 Å². The van der Waals surface area contributed by atoms with Crippen molar-refractivity contribution in [3.63, 3.8) is 0 Å². The topological polar surface area (TPSA) is 50.8 Å². The first-order chi connectivity index (χ1) is 12.2. The van der Waals surface area contributed by atoms with Gasteiger partial charge in [0.1, 0.15) is 11.5 Å². The van der Waals surface area contributed by atoms with Crippen LogP contribution >= 0.6 is 0 Å². The molecule has 0 aromatic heterocycles. The standard InChI is InChI=1S/C20H30N2O3/c1-24-18-11-16(12-19(13-18)25-2)5-6-20(23)22-9-7-17(8-10-22)21-14-15-3-4-15/h11-13,15,17,21H,3-10,14H2,1-2H3. The molecule has 3 rings (SSSR count). The third kappa shape index (κ3) is 5.36. The van der Waals surface area contributed by atoms with Gasteiger partial charge in [-0.05, 0) is 62.3 Å². The van der Waals surface area contributed by atoms with Crippen LogP contribution in [0.2, 0.25) is 0 Å². The summed E-state index contributed by atoms with van der Waals surface area (Å²) in [5.74, 6) is 2.70. The molecule has 1 heterocycles. The van der Waals surface area contributed by atoms with Crippen molar-refractivity contribution < 1.29 is 14.3 Å². The number of amides is 1. The van der Waals surface area contributed by atoms with E-state index in [1.165, 1.54) is 12.8 Å². The van der Waals surface area contributed by atoms with E-state index in [2.05, 4.69) is 5.32 Å². The van der Waals surface area contributed by atoms with Gasteiger partial charge < -0.3 is 19.7 Å². The molecule has 1 aromatic rings. The Bertz CT molecular complexity index is 556. The Morgan fingerprint density at radius 2 is 1.72 bits per heavy atom. The molecule has 2 fully saturated rings. The minimum absolute atomic E-state index is 0.252. The highest BCUT2D eigenvalue weighted by molar-refractivity contribution is 5.76. The number of nitrogens with one attached hydrogen (secondary N) is 1. The van der Waals surface area contributed by atoms with Crippen molar-refractivity contribution in [2.24, 2.45) is 5.92 Å². The summed E-state index contributed by atoms with van der Waals surface area (Å²) in [5, 5.41) is 3.66. The molecule has 25 heavy (non-hydrogen) atoms. The summed E-state index contributed by atoms with van der Waals surface area (Å²) in [6.45, 7) is 2.92. The van der Waals surface area contributed by atoms with E-state index >= 15 is 0 Å². The number of piperidine rings is 1. The van der Waals surface area contributed by atoms with Crippen LogP contribution in [0, 0.1) is 5.92 Å². The van der Waals surface area contributed by atoms with E-state index < -0.39 is 0 Å². The molecule has 1 aromatic carbocycles. The molecule has 1 saturated heterocycles. The number of methoxy groups -OCH3 is 2. The lowest BCUT2D eigenvalue weighted by Crippen LogP contribution is -2.45. The van der Waals surface area contributed by atoms with E-state index in [1.807, 2.05) is 23.1 Å². The molecule has 1 aliphatic heterocycles. The highest BCUT2D eigenvalue weighted by Crippen LogP contribution is 2.28. The predicted molar refractivity (Wildman–Crippen MR) is 98.2 cm³/mol. The molecule has 0 bridgehead atoms. The lowest BCUT2D eigenvalue weighted by molar-refractivity contribution is -0.132. The van der Waals surface area contributed by atoms with E-state index in [9.17, 15) is 4.79 Å². The quantitative estimate of drug-likeness (QED) is 0.786. The highest BCUT2D eigenvalue weighted by Gasteiger charge is 2.25. The number of ether oxygens (including phenoxy) is 2. The van der Waals surface area contributed by atoms with Gasteiger partial charge in [0.2, 0.25) is 5.91 Å². The second kappa shape index (κ2) is 8.56. The number of rotatable bonds is 8. The highest BCUT2D eigenvalue weighted by atomic mass is 16.5. The van der Waals surface area contributed by atoms with Gasteiger partial charge in [0.05, 0.1) is 14.2 Å². The number of hydrogen-bond donors (Lipinski definition) is 1. The number of hydrogen-bond acceptors (Lipinski definition) is 4. The van der Waals surface area contributed by atoms with Gasteiger partial charge in [-0.2, -0.15) is 0 Å². The van der Waals surface area contributed by atoms with Crippen molar-refractivity contribution in [2.75, 3.05) is 33.9 Å². The van der Waals surface area contributed by atoms with E-state index in [0.717, 1.165) is 55.5 Å². The van der Waals surface area contributed by atoms with Crippen molar-refractivity contribution in [1.29, 1.82) is 0 Å². The Morgan fingerprint density at radius 3 is 2.28 bits per heavy atom. The molecule has 138 valence electrons. The molecule has 1 amide bonds. The van der Waals surface area contributed by atoms with Crippen molar-refractivity contribution >= 4 is 5.91 Å². The molecular weight excluding hydrogens is 316 g/mol. The SMILES string of the molecule is COc1cc(CCC(=O)N2CCC(NCC3CC3)CC2)cc(OC)c1. The van der Waals surface area contributed by atoms with Gasteiger partial charge in [-0.1, -0.05) is 0 Å². The van der Waals surface area contributed by atoms with Crippen LogP contribution in [0.1, 0.15) is 37.7 Å². The number of benzene rings is 1. The molecule has 1 aliphatic carbocycles. The molecule has 1 N–H and O–H groups in total. The minimum atomic E-state index is 0.252. The molecular formula is C20H30N2O3. The average molecular weight is 346 g/mol. The van der Waals surface area contributed by atoms with Crippen LogP contribution in [0.25, 0.3) is 0 Å². The summed E-state index contributed by atoms with van der Waals surface area (Å²) in [7, 11) is 3.29. The van der Waals surface area contributed by atoms with Gasteiger partial charge in [0.15, 0.2) is 0 Å². The van der Waals surface area contributed by atoms with Gasteiger partial charge in [-0.3, -0.25) is 4.79 Å². The van der Waals surface area contributed by atoms with Crippen LogP contribution in [0.5, 0.6) is 11.5 Å². The zero-order valence-corrected chi connectivity index (χ0v) is 15.4. The summed E-state index contributed by atoms with van der Waals surface area (Å²) < 4.78 is 10.6. The first kappa shape index (κ1) is 18.1. The maximum atomic E-state index is 12.5. The van der Waals surface area contributed by atoms with Crippen molar-refractivity contribution in [3.05, 3.63) is 23.8 Å². The van der Waals surface area contributed by atoms with Crippen molar-refractivity contribution in [2.45, 2.75) is 44.6 Å². The normalized spacial score (nSPS) is 18.2. The summed E-state index contributed by atoms with van der Waals surface area (Å²) in [6.07, 6.45) is 6.18. The Hall–Kier alpha value is -1.75. The lowest BCUT2D eigenvalue weighted by atomic mass is 10.0. The summed E-state index contributed by atoms with van der Waals surface area (Å²) >= 11 is 0. The maximum Gasteiger partial charge on any atom is 0.222 e. The largest absolute Gasteiger partial charge is 0.497 e. The molecule has 5 heteroatoms. The van der Waals surface area contributed by atoms with Crippen LogP contribution in [0.3, 0.4) is 0 Å². The number of carbonyl (C=O) groups is 1. The average Bonchev–Trinajstić information content (AvgIpc) is 3.49. The van der Waals surface area contributed by atoms with Crippen LogP contribution in [0.4, 0.5) is 0 Å². The van der Waals surface area contributed by atoms with Crippen molar-refractivity contribution in [3.8, 4) is 11.5 Å². The van der Waals surface area contributed by atoms with Gasteiger partial charge in [-0.25, -0.2) is 0 Å². The third-order valence-electron chi connectivity index (χ3n) is 5.28. The van der Waals surface area contributed by atoms with E-state index in [-0.39, 0.29) is 5.91 Å². The van der Waals surface area contributed by atoms with Crippen LogP contribution in [-0.2, 0) is 11.2 Å². The van der Waals surface area contributed by atoms with E-state index in [4.69, 9.17) is 9.47 Å². The van der Waals surface area contributed by atoms with Gasteiger partial charge in [0, 0.05) is 31.6 Å². The van der Waals surface area contributed by atoms with E-state index in [1.54, 1.807) is 14.2 Å². The molecule has 0 spiro atoms. The monoisotopic (exact) mass is 346 g/mol. The molecule has 0 atom stereocenters. The van der Waals surface area contributed by atoms with Crippen LogP contribution in [-0.4, -0.2) is 50.7 Å². The second-order valence-corrected chi connectivity index (χ2v) is 7.23. The summed E-state index contributed by atoms with van der Waals surface area (Å²) in [5.41, 5.74) is 1.07. The van der Waals surface area contributed by atoms with Gasteiger partial charge in [0.25, 0.3) is 0 Å². The first-order valence-electron chi connectivity index (χ1n) is 9.41. The fraction of sp³-hybridized carbons (Fsp3) is 0.650. The number of likely N-dealkylation sites (tertiary alicyclic amines) is 1. The Morgan fingerprint density at radius 1 is 1.08 bits per heavy atom. The molecule has 5 nitrogen and oxygen atoms in total. The fourth-order valence-corrected chi connectivity index (χ4v) is 3.41. The lowest BCUT2D eigenvalue weighted by Gasteiger charge is -2.32. The number of aryl methyl sites for hydroxylation is 1. The third-order valence-corrected chi connectivity index (χ3v) is 5.28. The zero-order chi connectivity index (χ0) is 17.6. The maximum absolute atomic E-state index is 12.5. The number of carbonyl (C=O) groups excluding carboxylic acids is 1. The summed E-state index contributed by atoms with van der Waals surface area (Å²) in [4.78, 5) is 14.5. The minimum Gasteiger partial charge on any atom is -0.497 e. The predicted octanol–water partition coefficient (Wildman–Crippen LogP) is 2.63. The fourth-order valence-electron chi connectivity index (χ4n) is 3.41. The van der Waals surface area contributed by atoms with Gasteiger partial charge in [-0.15, -0.1) is 0 Å². The Labute approximate surface area is 150 Å². The Kier molecular flexibility index (Phi) is 6.19. The van der Waals surface area contributed by atoms with Gasteiger partial charge >= 0.3 is 0 Å². The molecule has 0 radical (unpaired) electrons.